The van der Waals surface area contributed by atoms with E-state index in [1.54, 1.807) is 0 Å². The fourth-order valence-electron chi connectivity index (χ4n) is 5.17. The molecule has 1 saturated carbocycles. The minimum atomic E-state index is -3.84. The molecular weight excluding hydrogens is 551 g/mol. The Morgan fingerprint density at radius 2 is 1.49 bits per heavy atom. The van der Waals surface area contributed by atoms with Crippen molar-refractivity contribution < 1.29 is 17.6 Å². The highest BCUT2D eigenvalue weighted by Crippen LogP contribution is 2.40. The van der Waals surface area contributed by atoms with Gasteiger partial charge in [-0.2, -0.15) is 17.9 Å². The van der Waals surface area contributed by atoms with E-state index < -0.39 is 29.6 Å². The molecule has 0 unspecified atom stereocenters. The van der Waals surface area contributed by atoms with Gasteiger partial charge in [0.05, 0.1) is 17.7 Å². The van der Waals surface area contributed by atoms with Crippen molar-refractivity contribution in [2.45, 2.75) is 130 Å². The molecule has 0 amide bonds. The fourth-order valence-corrected chi connectivity index (χ4v) is 7.88. The zero-order valence-electron chi connectivity index (χ0n) is 27.6. The summed E-state index contributed by atoms with van der Waals surface area (Å²) >= 11 is 0. The highest BCUT2D eigenvalue weighted by atomic mass is 32.2. The van der Waals surface area contributed by atoms with Gasteiger partial charge in [0.15, 0.2) is 8.32 Å². The van der Waals surface area contributed by atoms with Gasteiger partial charge in [-0.3, -0.25) is 0 Å². The summed E-state index contributed by atoms with van der Waals surface area (Å²) in [5.74, 6) is 1.37. The van der Waals surface area contributed by atoms with Gasteiger partial charge in [0.1, 0.15) is 6.10 Å². The molecule has 1 aromatic heterocycles. The molecule has 3 rings (SSSR count). The van der Waals surface area contributed by atoms with Crippen molar-refractivity contribution in [2.75, 3.05) is 6.61 Å². The summed E-state index contributed by atoms with van der Waals surface area (Å²) in [6, 6.07) is 9.84. The number of nitrogens with one attached hydrogen (secondary N) is 2. The van der Waals surface area contributed by atoms with E-state index in [4.69, 9.17) is 14.1 Å². The predicted octanol–water partition coefficient (Wildman–Crippen LogP) is 7.68. The van der Waals surface area contributed by atoms with Gasteiger partial charge < -0.3 is 9.16 Å². The van der Waals surface area contributed by atoms with Crippen LogP contribution in [0.1, 0.15) is 100 Å². The number of benzene rings is 1. The Labute approximate surface area is 250 Å². The summed E-state index contributed by atoms with van der Waals surface area (Å²) in [6.07, 6.45) is 4.66. The van der Waals surface area contributed by atoms with E-state index in [0.29, 0.717) is 11.3 Å². The number of aromatic nitrogens is 1. The molecule has 232 valence electrons. The van der Waals surface area contributed by atoms with Crippen molar-refractivity contribution in [2.24, 2.45) is 11.3 Å². The average molecular weight is 606 g/mol. The van der Waals surface area contributed by atoms with Gasteiger partial charge in [0.25, 0.3) is 10.2 Å². The Bertz CT molecular complexity index is 1300. The van der Waals surface area contributed by atoms with Crippen LogP contribution in [0.5, 0.6) is 5.88 Å². The van der Waals surface area contributed by atoms with Crippen molar-refractivity contribution in [3.05, 3.63) is 35.9 Å². The maximum atomic E-state index is 13.2. The summed E-state index contributed by atoms with van der Waals surface area (Å²) in [6.45, 7) is 25.5. The topological polar surface area (TPSA) is 89.6 Å². The predicted molar refractivity (Wildman–Crippen MR) is 173 cm³/mol. The Morgan fingerprint density at radius 1 is 0.878 bits per heavy atom. The maximum absolute atomic E-state index is 13.2. The van der Waals surface area contributed by atoms with Crippen LogP contribution in [0.4, 0.5) is 0 Å². The van der Waals surface area contributed by atoms with Gasteiger partial charge in [-0.15, -0.1) is 0 Å². The third kappa shape index (κ3) is 9.23. The summed E-state index contributed by atoms with van der Waals surface area (Å²) < 4.78 is 45.0. The number of hydrogen-bond donors (Lipinski definition) is 2. The highest BCUT2D eigenvalue weighted by Gasteiger charge is 2.41. The lowest BCUT2D eigenvalue weighted by Crippen LogP contribution is -2.56. The second-order valence-corrected chi connectivity index (χ2v) is 22.1. The fraction of sp³-hybridized carbons (Fsp3) is 0.719. The number of nitrogens with zero attached hydrogens (tertiary/aromatic N) is 1. The molecule has 0 saturated heterocycles. The van der Waals surface area contributed by atoms with Crippen LogP contribution >= 0.6 is 0 Å². The molecule has 41 heavy (non-hydrogen) atoms. The van der Waals surface area contributed by atoms with E-state index in [-0.39, 0.29) is 17.7 Å². The molecule has 0 spiro atoms. The molecule has 0 radical (unpaired) electrons. The minimum absolute atomic E-state index is 0.00780. The van der Waals surface area contributed by atoms with Crippen LogP contribution in [0.2, 0.25) is 18.1 Å². The van der Waals surface area contributed by atoms with Crippen LogP contribution in [0, 0.1) is 11.3 Å². The summed E-state index contributed by atoms with van der Waals surface area (Å²) in [5, 5.41) is 0.916. The van der Waals surface area contributed by atoms with Crippen LogP contribution in [0.15, 0.2) is 30.3 Å². The molecular formula is C32H55N3O4SSi. The van der Waals surface area contributed by atoms with Crippen molar-refractivity contribution in [3.63, 3.8) is 0 Å². The molecule has 1 fully saturated rings. The quantitative estimate of drug-likeness (QED) is 0.286. The molecule has 7 nitrogen and oxygen atoms in total. The Hall–Kier alpha value is -1.52. The normalized spacial score (nSPS) is 21.1. The summed E-state index contributed by atoms with van der Waals surface area (Å²) in [4.78, 5) is 4.80. The van der Waals surface area contributed by atoms with Crippen molar-refractivity contribution >= 4 is 29.4 Å². The molecule has 1 aliphatic carbocycles. The summed E-state index contributed by atoms with van der Waals surface area (Å²) in [5.41, 5.74) is 0.354. The molecule has 0 bridgehead atoms. The molecule has 1 aliphatic rings. The Morgan fingerprint density at radius 3 is 2.02 bits per heavy atom. The van der Waals surface area contributed by atoms with Gasteiger partial charge in [-0.05, 0) is 107 Å². The number of ether oxygens (including phenoxy) is 1. The number of hydrogen-bond acceptors (Lipinski definition) is 5. The zero-order valence-corrected chi connectivity index (χ0v) is 29.4. The number of fused-ring (bicyclic) bond motifs is 1. The Balaban J connectivity index is 1.86. The first kappa shape index (κ1) is 34.0. The SMILES string of the molecule is CC(C)(C)NS(=O)(=O)N[C@@](C)(CO[Si](C)(C)C(C)(C)C)c1ccc2nc(O[C@H]3CC[C@H](C(C)(C)C)CC3)ccc2c1. The van der Waals surface area contributed by atoms with Crippen LogP contribution in [-0.2, 0) is 20.2 Å². The van der Waals surface area contributed by atoms with E-state index in [1.165, 1.54) is 12.8 Å². The second-order valence-electron chi connectivity index (χ2n) is 15.9. The van der Waals surface area contributed by atoms with Crippen LogP contribution in [0.3, 0.4) is 0 Å². The van der Waals surface area contributed by atoms with E-state index in [1.807, 2.05) is 58.0 Å². The molecule has 1 aromatic carbocycles. The second kappa shape index (κ2) is 11.9. The summed E-state index contributed by atoms with van der Waals surface area (Å²) in [7, 11) is -5.99. The van der Waals surface area contributed by atoms with Gasteiger partial charge in [0, 0.05) is 17.0 Å². The number of pyridine rings is 1. The lowest BCUT2D eigenvalue weighted by Gasteiger charge is -2.40. The van der Waals surface area contributed by atoms with Crippen molar-refractivity contribution in [1.29, 1.82) is 0 Å². The van der Waals surface area contributed by atoms with Gasteiger partial charge in [-0.25, -0.2) is 4.98 Å². The minimum Gasteiger partial charge on any atom is -0.474 e. The standard InChI is InChI=1S/C32H55N3O4SSi/c1-29(2,3)24-14-17-26(18-15-24)39-28-20-13-23-21-25(16-19-27(23)33-28)32(10,22-38-41(11,12)31(7,8)9)35-40(36,37)34-30(4,5)6/h13,16,19-21,24,26,34-35H,14-15,17-18,22H2,1-12H3/t24-,26-,32-/m0/s1. The molecule has 0 aliphatic heterocycles. The third-order valence-electron chi connectivity index (χ3n) is 8.82. The molecule has 9 heteroatoms. The zero-order chi connectivity index (χ0) is 31.1. The number of rotatable bonds is 9. The van der Waals surface area contributed by atoms with Crippen molar-refractivity contribution in [1.82, 2.24) is 14.4 Å². The van der Waals surface area contributed by atoms with Gasteiger partial charge >= 0.3 is 0 Å². The lowest BCUT2D eigenvalue weighted by atomic mass is 9.72. The van der Waals surface area contributed by atoms with Gasteiger partial charge in [-0.1, -0.05) is 47.6 Å². The first-order chi connectivity index (χ1) is 18.5. The first-order valence-electron chi connectivity index (χ1n) is 15.0. The smallest absolute Gasteiger partial charge is 0.278 e. The highest BCUT2D eigenvalue weighted by molar-refractivity contribution is 7.87. The molecule has 2 aromatic rings. The third-order valence-corrected chi connectivity index (χ3v) is 14.9. The molecule has 2 N–H and O–H groups in total. The van der Waals surface area contributed by atoms with E-state index >= 15 is 0 Å². The maximum Gasteiger partial charge on any atom is 0.278 e. The lowest BCUT2D eigenvalue weighted by molar-refractivity contribution is 0.0854. The average Bonchev–Trinajstić information content (AvgIpc) is 2.79. The molecule has 1 atom stereocenters. The van der Waals surface area contributed by atoms with Crippen LogP contribution in [-0.4, -0.2) is 40.0 Å². The van der Waals surface area contributed by atoms with Gasteiger partial charge in [0.2, 0.25) is 5.88 Å². The molecule has 1 heterocycles. The first-order valence-corrected chi connectivity index (χ1v) is 19.4. The van der Waals surface area contributed by atoms with Crippen molar-refractivity contribution in [3.8, 4) is 5.88 Å². The monoisotopic (exact) mass is 605 g/mol. The Kier molecular flexibility index (Phi) is 9.83. The van der Waals surface area contributed by atoms with Crippen LogP contribution in [0.25, 0.3) is 10.9 Å². The van der Waals surface area contributed by atoms with E-state index in [9.17, 15) is 8.42 Å². The van der Waals surface area contributed by atoms with E-state index in [2.05, 4.69) is 64.1 Å². The largest absolute Gasteiger partial charge is 0.474 e. The van der Waals surface area contributed by atoms with E-state index in [0.717, 1.165) is 35.2 Å². The van der Waals surface area contributed by atoms with Crippen LogP contribution < -0.4 is 14.2 Å².